The van der Waals surface area contributed by atoms with Crippen molar-refractivity contribution in [3.63, 3.8) is 0 Å². The summed E-state index contributed by atoms with van der Waals surface area (Å²) in [6.45, 7) is 1.96. The zero-order valence-electron chi connectivity index (χ0n) is 17.4. The zero-order chi connectivity index (χ0) is 20.9. The lowest BCUT2D eigenvalue weighted by Gasteiger charge is -2.25. The number of benzene rings is 2. The predicted molar refractivity (Wildman–Crippen MR) is 120 cm³/mol. The molecule has 4 rings (SSSR count). The summed E-state index contributed by atoms with van der Waals surface area (Å²) in [5.74, 6) is 0.351. The first-order valence-corrected chi connectivity index (χ1v) is 11.2. The number of nitrogens with zero attached hydrogens (tertiary/aromatic N) is 3. The third-order valence-corrected chi connectivity index (χ3v) is 6.03. The summed E-state index contributed by atoms with van der Waals surface area (Å²) in [6, 6.07) is 16.0. The number of carbonyl (C=O) groups excluding carboxylic acids is 1. The molecular weight excluding hydrogens is 398 g/mol. The van der Waals surface area contributed by atoms with Gasteiger partial charge in [-0.15, -0.1) is 0 Å². The summed E-state index contributed by atoms with van der Waals surface area (Å²) in [5, 5.41) is 0.525. The van der Waals surface area contributed by atoms with Crippen molar-refractivity contribution in [3.8, 4) is 0 Å². The smallest absolute Gasteiger partial charge is 0.257 e. The van der Waals surface area contributed by atoms with E-state index in [0.29, 0.717) is 18.3 Å². The first-order valence-electron chi connectivity index (χ1n) is 10.2. The highest BCUT2D eigenvalue weighted by atomic mass is 32.2. The molecule has 0 unspecified atom stereocenters. The van der Waals surface area contributed by atoms with Crippen LogP contribution in [0.5, 0.6) is 0 Å². The van der Waals surface area contributed by atoms with Crippen molar-refractivity contribution >= 4 is 34.5 Å². The second kappa shape index (κ2) is 9.53. The molecule has 30 heavy (non-hydrogen) atoms. The molecule has 0 saturated carbocycles. The molecule has 158 valence electrons. The van der Waals surface area contributed by atoms with Crippen molar-refractivity contribution in [2.24, 2.45) is 0 Å². The van der Waals surface area contributed by atoms with E-state index in [0.717, 1.165) is 41.8 Å². The van der Waals surface area contributed by atoms with Crippen LogP contribution in [0.3, 0.4) is 0 Å². The third kappa shape index (κ3) is 5.15. The molecule has 0 N–H and O–H groups in total. The van der Waals surface area contributed by atoms with Gasteiger partial charge < -0.3 is 19.0 Å². The van der Waals surface area contributed by atoms with Gasteiger partial charge in [-0.3, -0.25) is 4.79 Å². The summed E-state index contributed by atoms with van der Waals surface area (Å²) in [5.41, 5.74) is 3.80. The average molecular weight is 426 g/mol. The third-order valence-electron chi connectivity index (χ3n) is 5.22. The standard InChI is InChI=1S/C23H27N3O3S/c1-25(2)18-11-9-17(10-12-18)14-26(15-19-6-5-13-28-19)22(27)16-30-23-24-20-7-3-4-8-21(20)29-23/h3-4,7-12,19H,5-6,13-16H2,1-2H3/t19-/m0/s1. The second-order valence-electron chi connectivity index (χ2n) is 7.71. The highest BCUT2D eigenvalue weighted by molar-refractivity contribution is 7.99. The molecule has 0 spiro atoms. The maximum absolute atomic E-state index is 13.1. The maximum Gasteiger partial charge on any atom is 0.257 e. The number of hydrogen-bond acceptors (Lipinski definition) is 6. The molecule has 1 aliphatic heterocycles. The molecule has 0 aliphatic carbocycles. The number of para-hydroxylation sites is 2. The number of carbonyl (C=O) groups is 1. The van der Waals surface area contributed by atoms with Gasteiger partial charge >= 0.3 is 0 Å². The Morgan fingerprint density at radius 2 is 1.97 bits per heavy atom. The van der Waals surface area contributed by atoms with Crippen LogP contribution in [-0.4, -0.2) is 54.9 Å². The lowest BCUT2D eigenvalue weighted by Crippen LogP contribution is -2.38. The van der Waals surface area contributed by atoms with Crippen LogP contribution in [0.1, 0.15) is 18.4 Å². The highest BCUT2D eigenvalue weighted by Gasteiger charge is 2.23. The maximum atomic E-state index is 13.1. The van der Waals surface area contributed by atoms with Gasteiger partial charge in [-0.1, -0.05) is 36.0 Å². The molecule has 0 bridgehead atoms. The molecule has 6 nitrogen and oxygen atoms in total. The molecular formula is C23H27N3O3S. The Morgan fingerprint density at radius 3 is 2.67 bits per heavy atom. The zero-order valence-corrected chi connectivity index (χ0v) is 18.2. The lowest BCUT2D eigenvalue weighted by molar-refractivity contribution is -0.130. The first kappa shape index (κ1) is 20.8. The molecule has 1 aromatic heterocycles. The summed E-state index contributed by atoms with van der Waals surface area (Å²) >= 11 is 1.34. The number of fused-ring (bicyclic) bond motifs is 1. The van der Waals surface area contributed by atoms with E-state index in [1.807, 2.05) is 43.3 Å². The number of thioether (sulfide) groups is 1. The topological polar surface area (TPSA) is 58.8 Å². The molecule has 2 heterocycles. The minimum absolute atomic E-state index is 0.0643. The molecule has 1 aliphatic rings. The van der Waals surface area contributed by atoms with Crippen LogP contribution >= 0.6 is 11.8 Å². The van der Waals surface area contributed by atoms with Gasteiger partial charge in [0.05, 0.1) is 11.9 Å². The molecule has 2 aromatic carbocycles. The summed E-state index contributed by atoms with van der Waals surface area (Å²) in [7, 11) is 4.04. The normalized spacial score (nSPS) is 16.1. The molecule has 7 heteroatoms. The fourth-order valence-corrected chi connectivity index (χ4v) is 4.28. The van der Waals surface area contributed by atoms with Gasteiger partial charge in [0, 0.05) is 39.5 Å². The van der Waals surface area contributed by atoms with Gasteiger partial charge in [0.15, 0.2) is 5.58 Å². The molecule has 1 saturated heterocycles. The minimum Gasteiger partial charge on any atom is -0.431 e. The summed E-state index contributed by atoms with van der Waals surface area (Å²) < 4.78 is 11.5. The summed E-state index contributed by atoms with van der Waals surface area (Å²) in [6.07, 6.45) is 2.17. The Kier molecular flexibility index (Phi) is 6.59. The Morgan fingerprint density at radius 1 is 1.17 bits per heavy atom. The molecule has 3 aromatic rings. The van der Waals surface area contributed by atoms with Gasteiger partial charge in [0.25, 0.3) is 5.22 Å². The minimum atomic E-state index is 0.0643. The number of anilines is 1. The number of ether oxygens (including phenoxy) is 1. The number of rotatable bonds is 8. The van der Waals surface area contributed by atoms with E-state index < -0.39 is 0 Å². The summed E-state index contributed by atoms with van der Waals surface area (Å²) in [4.78, 5) is 21.5. The van der Waals surface area contributed by atoms with E-state index in [4.69, 9.17) is 9.15 Å². The first-order chi connectivity index (χ1) is 14.6. The Hall–Kier alpha value is -2.51. The Bertz CT molecular complexity index is 948. The van der Waals surface area contributed by atoms with Gasteiger partial charge in [-0.05, 0) is 42.7 Å². The fraction of sp³-hybridized carbons (Fsp3) is 0.391. The van der Waals surface area contributed by atoms with Gasteiger partial charge in [0.1, 0.15) is 5.52 Å². The van der Waals surface area contributed by atoms with Crippen LogP contribution in [-0.2, 0) is 16.1 Å². The fourth-order valence-electron chi connectivity index (χ4n) is 3.54. The van der Waals surface area contributed by atoms with E-state index >= 15 is 0 Å². The van der Waals surface area contributed by atoms with Gasteiger partial charge in [-0.25, -0.2) is 4.98 Å². The van der Waals surface area contributed by atoms with Gasteiger partial charge in [-0.2, -0.15) is 0 Å². The van der Waals surface area contributed by atoms with Crippen LogP contribution < -0.4 is 4.90 Å². The number of hydrogen-bond donors (Lipinski definition) is 0. The van der Waals surface area contributed by atoms with Crippen LogP contribution in [0, 0.1) is 0 Å². The molecule has 0 radical (unpaired) electrons. The number of aromatic nitrogens is 1. The Balaban J connectivity index is 1.42. The van der Waals surface area contributed by atoms with Crippen molar-refractivity contribution in [1.82, 2.24) is 9.88 Å². The SMILES string of the molecule is CN(C)c1ccc(CN(C[C@@H]2CCCO2)C(=O)CSc2nc3ccccc3o2)cc1. The van der Waals surface area contributed by atoms with Crippen LogP contribution in [0.15, 0.2) is 58.2 Å². The average Bonchev–Trinajstić information content (AvgIpc) is 3.41. The number of oxazole rings is 1. The second-order valence-corrected chi connectivity index (χ2v) is 8.63. The molecule has 1 amide bonds. The molecule has 1 fully saturated rings. The largest absolute Gasteiger partial charge is 0.431 e. The van der Waals surface area contributed by atoms with Crippen LogP contribution in [0.25, 0.3) is 11.1 Å². The molecule has 1 atom stereocenters. The van der Waals surface area contributed by atoms with E-state index in [2.05, 4.69) is 34.1 Å². The highest BCUT2D eigenvalue weighted by Crippen LogP contribution is 2.24. The Labute approximate surface area is 181 Å². The van der Waals surface area contributed by atoms with Crippen LogP contribution in [0.2, 0.25) is 0 Å². The van der Waals surface area contributed by atoms with Crippen molar-refractivity contribution in [3.05, 3.63) is 54.1 Å². The monoisotopic (exact) mass is 425 g/mol. The lowest BCUT2D eigenvalue weighted by atomic mass is 10.1. The van der Waals surface area contributed by atoms with Crippen molar-refractivity contribution in [2.75, 3.05) is 37.9 Å². The predicted octanol–water partition coefficient (Wildman–Crippen LogP) is 4.19. The van der Waals surface area contributed by atoms with E-state index in [1.54, 1.807) is 0 Å². The van der Waals surface area contributed by atoms with E-state index in [1.165, 1.54) is 11.8 Å². The van der Waals surface area contributed by atoms with Crippen LogP contribution in [0.4, 0.5) is 5.69 Å². The van der Waals surface area contributed by atoms with E-state index in [-0.39, 0.29) is 17.8 Å². The quantitative estimate of drug-likeness (QED) is 0.504. The van der Waals surface area contributed by atoms with Gasteiger partial charge in [0.2, 0.25) is 5.91 Å². The van der Waals surface area contributed by atoms with Crippen molar-refractivity contribution in [2.45, 2.75) is 30.7 Å². The van der Waals surface area contributed by atoms with Crippen molar-refractivity contribution < 1.29 is 13.9 Å². The number of amides is 1. The van der Waals surface area contributed by atoms with E-state index in [9.17, 15) is 4.79 Å². The van der Waals surface area contributed by atoms with Crippen molar-refractivity contribution in [1.29, 1.82) is 0 Å².